The monoisotopic (exact) mass is 397 g/mol. The number of ether oxygens (including phenoxy) is 1. The number of esters is 1. The lowest BCUT2D eigenvalue weighted by atomic mass is 10.1. The number of carbonyl (C=O) groups is 2. The molecule has 1 aromatic carbocycles. The Kier molecular flexibility index (Phi) is 6.26. The molecule has 2 heterocycles. The maximum Gasteiger partial charge on any atom is 0.357 e. The Bertz CT molecular complexity index is 933. The Morgan fingerprint density at radius 1 is 1.14 bits per heavy atom. The molecule has 2 aromatic heterocycles. The van der Waals surface area contributed by atoms with Crippen LogP contribution in [0.2, 0.25) is 0 Å². The molecule has 0 aliphatic carbocycles. The Labute approximate surface area is 168 Å². The highest BCUT2D eigenvalue weighted by molar-refractivity contribution is 7.16. The predicted molar refractivity (Wildman–Crippen MR) is 110 cm³/mol. The SMILES string of the molecule is COC(=O)c1nc(NC(=O)[C@@H](Cc2ccccc2)n2cccc2)sc1C(C)C. The molecule has 0 aliphatic rings. The molecule has 0 fully saturated rings. The molecule has 3 rings (SSSR count). The van der Waals surface area contributed by atoms with Crippen molar-refractivity contribution in [1.29, 1.82) is 0 Å². The molecular formula is C21H23N3O3S. The number of anilines is 1. The largest absolute Gasteiger partial charge is 0.464 e. The first kappa shape index (κ1) is 19.8. The quantitative estimate of drug-likeness (QED) is 0.604. The molecule has 0 aliphatic heterocycles. The number of nitrogens with zero attached hydrogens (tertiary/aromatic N) is 2. The maximum atomic E-state index is 13.1. The standard InChI is InChI=1S/C21H23N3O3S/c1-14(2)18-17(20(26)27-3)22-21(28-18)23-19(25)16(24-11-7-8-12-24)13-15-9-5-4-6-10-15/h4-12,14,16H,13H2,1-3H3,(H,22,23,25)/t16-/m1/s1. The highest BCUT2D eigenvalue weighted by Crippen LogP contribution is 2.31. The minimum atomic E-state index is -0.494. The topological polar surface area (TPSA) is 73.2 Å². The van der Waals surface area contributed by atoms with Crippen molar-refractivity contribution in [2.24, 2.45) is 0 Å². The zero-order valence-corrected chi connectivity index (χ0v) is 16.9. The predicted octanol–water partition coefficient (Wildman–Crippen LogP) is 4.28. The minimum Gasteiger partial charge on any atom is -0.464 e. The number of rotatable bonds is 7. The molecule has 0 spiro atoms. The number of amides is 1. The lowest BCUT2D eigenvalue weighted by Gasteiger charge is -2.18. The van der Waals surface area contributed by atoms with E-state index in [0.717, 1.165) is 10.4 Å². The van der Waals surface area contributed by atoms with Gasteiger partial charge in [-0.2, -0.15) is 0 Å². The Balaban J connectivity index is 1.85. The van der Waals surface area contributed by atoms with Gasteiger partial charge in [-0.3, -0.25) is 4.79 Å². The van der Waals surface area contributed by atoms with Gasteiger partial charge in [-0.1, -0.05) is 44.2 Å². The molecule has 1 N–H and O–H groups in total. The zero-order chi connectivity index (χ0) is 20.1. The summed E-state index contributed by atoms with van der Waals surface area (Å²) in [6, 6.07) is 13.2. The van der Waals surface area contributed by atoms with Crippen molar-refractivity contribution in [2.75, 3.05) is 12.4 Å². The van der Waals surface area contributed by atoms with Crippen molar-refractivity contribution in [3.05, 3.63) is 71.0 Å². The van der Waals surface area contributed by atoms with E-state index in [4.69, 9.17) is 4.74 Å². The fourth-order valence-electron chi connectivity index (χ4n) is 2.93. The third kappa shape index (κ3) is 4.48. The van der Waals surface area contributed by atoms with Gasteiger partial charge in [-0.15, -0.1) is 11.3 Å². The van der Waals surface area contributed by atoms with Gasteiger partial charge in [0.05, 0.1) is 7.11 Å². The van der Waals surface area contributed by atoms with Crippen LogP contribution in [-0.4, -0.2) is 28.5 Å². The average molecular weight is 398 g/mol. The fraction of sp³-hybridized carbons (Fsp3) is 0.286. The average Bonchev–Trinajstić information content (AvgIpc) is 3.36. The van der Waals surface area contributed by atoms with E-state index in [1.807, 2.05) is 73.3 Å². The second-order valence-electron chi connectivity index (χ2n) is 6.70. The number of thiazole rings is 1. The van der Waals surface area contributed by atoms with E-state index in [1.54, 1.807) is 0 Å². The molecule has 0 unspecified atom stereocenters. The molecule has 6 nitrogen and oxygen atoms in total. The molecule has 1 amide bonds. The summed E-state index contributed by atoms with van der Waals surface area (Å²) in [5.41, 5.74) is 1.33. The highest BCUT2D eigenvalue weighted by atomic mass is 32.1. The van der Waals surface area contributed by atoms with Crippen molar-refractivity contribution in [3.8, 4) is 0 Å². The van der Waals surface area contributed by atoms with Crippen LogP contribution in [-0.2, 0) is 16.0 Å². The number of benzene rings is 1. The van der Waals surface area contributed by atoms with Gasteiger partial charge in [-0.05, 0) is 23.6 Å². The number of nitrogens with one attached hydrogen (secondary N) is 1. The number of hydrogen-bond acceptors (Lipinski definition) is 5. The molecule has 0 radical (unpaired) electrons. The molecule has 28 heavy (non-hydrogen) atoms. The van der Waals surface area contributed by atoms with Gasteiger partial charge >= 0.3 is 5.97 Å². The Morgan fingerprint density at radius 2 is 1.82 bits per heavy atom. The molecule has 7 heteroatoms. The summed E-state index contributed by atoms with van der Waals surface area (Å²) < 4.78 is 6.69. The van der Waals surface area contributed by atoms with E-state index in [2.05, 4.69) is 10.3 Å². The van der Waals surface area contributed by atoms with E-state index in [9.17, 15) is 9.59 Å². The van der Waals surface area contributed by atoms with E-state index in [1.165, 1.54) is 18.4 Å². The van der Waals surface area contributed by atoms with Gasteiger partial charge in [0, 0.05) is 23.7 Å². The normalized spacial score (nSPS) is 12.0. The van der Waals surface area contributed by atoms with Gasteiger partial charge in [-0.25, -0.2) is 9.78 Å². The van der Waals surface area contributed by atoms with Crippen LogP contribution in [0.25, 0.3) is 0 Å². The van der Waals surface area contributed by atoms with Gasteiger partial charge in [0.2, 0.25) is 5.91 Å². The molecule has 0 saturated heterocycles. The number of aromatic nitrogens is 2. The molecule has 0 saturated carbocycles. The summed E-state index contributed by atoms with van der Waals surface area (Å²) in [5, 5.41) is 3.29. The second-order valence-corrected chi connectivity index (χ2v) is 7.73. The highest BCUT2D eigenvalue weighted by Gasteiger charge is 2.25. The summed E-state index contributed by atoms with van der Waals surface area (Å²) >= 11 is 1.31. The number of methoxy groups -OCH3 is 1. The molecule has 1 atom stereocenters. The number of carbonyl (C=O) groups excluding carboxylic acids is 2. The third-order valence-corrected chi connectivity index (χ3v) is 5.62. The zero-order valence-electron chi connectivity index (χ0n) is 16.1. The first-order valence-electron chi connectivity index (χ1n) is 9.06. The van der Waals surface area contributed by atoms with Crippen LogP contribution in [0.5, 0.6) is 0 Å². The summed E-state index contributed by atoms with van der Waals surface area (Å²) in [5.74, 6) is -0.575. The van der Waals surface area contributed by atoms with E-state index < -0.39 is 12.0 Å². The van der Waals surface area contributed by atoms with Crippen molar-refractivity contribution in [1.82, 2.24) is 9.55 Å². The van der Waals surface area contributed by atoms with Gasteiger partial charge in [0.1, 0.15) is 6.04 Å². The summed E-state index contributed by atoms with van der Waals surface area (Å²) in [6.07, 6.45) is 4.29. The van der Waals surface area contributed by atoms with Crippen LogP contribution < -0.4 is 5.32 Å². The number of hydrogen-bond donors (Lipinski definition) is 1. The summed E-state index contributed by atoms with van der Waals surface area (Å²) in [7, 11) is 1.33. The van der Waals surface area contributed by atoms with Crippen LogP contribution >= 0.6 is 11.3 Å². The smallest absolute Gasteiger partial charge is 0.357 e. The summed E-state index contributed by atoms with van der Waals surface area (Å²) in [6.45, 7) is 3.95. The van der Waals surface area contributed by atoms with E-state index >= 15 is 0 Å². The molecule has 0 bridgehead atoms. The van der Waals surface area contributed by atoms with Gasteiger partial charge in [0.15, 0.2) is 10.8 Å². The van der Waals surface area contributed by atoms with Crippen molar-refractivity contribution in [2.45, 2.75) is 32.2 Å². The molecule has 3 aromatic rings. The summed E-state index contributed by atoms with van der Waals surface area (Å²) in [4.78, 5) is 30.2. The van der Waals surface area contributed by atoms with Crippen LogP contribution in [0, 0.1) is 0 Å². The Hall–Kier alpha value is -2.93. The second kappa shape index (κ2) is 8.84. The van der Waals surface area contributed by atoms with Gasteiger partial charge < -0.3 is 14.6 Å². The van der Waals surface area contributed by atoms with Crippen LogP contribution in [0.3, 0.4) is 0 Å². The van der Waals surface area contributed by atoms with Crippen molar-refractivity contribution >= 4 is 28.3 Å². The first-order chi connectivity index (χ1) is 13.5. The van der Waals surface area contributed by atoms with E-state index in [-0.39, 0.29) is 17.5 Å². The molecular weight excluding hydrogens is 374 g/mol. The fourth-order valence-corrected chi connectivity index (χ4v) is 3.89. The maximum absolute atomic E-state index is 13.1. The van der Waals surface area contributed by atoms with Crippen LogP contribution in [0.4, 0.5) is 5.13 Å². The third-order valence-electron chi connectivity index (χ3n) is 4.35. The lowest BCUT2D eigenvalue weighted by Crippen LogP contribution is -2.27. The first-order valence-corrected chi connectivity index (χ1v) is 9.87. The lowest BCUT2D eigenvalue weighted by molar-refractivity contribution is -0.119. The Morgan fingerprint density at radius 3 is 2.43 bits per heavy atom. The van der Waals surface area contributed by atoms with E-state index in [0.29, 0.717) is 11.6 Å². The van der Waals surface area contributed by atoms with Crippen molar-refractivity contribution in [3.63, 3.8) is 0 Å². The van der Waals surface area contributed by atoms with Crippen LogP contribution in [0.15, 0.2) is 54.9 Å². The minimum absolute atomic E-state index is 0.0989. The van der Waals surface area contributed by atoms with Gasteiger partial charge in [0.25, 0.3) is 0 Å². The van der Waals surface area contributed by atoms with Crippen molar-refractivity contribution < 1.29 is 14.3 Å². The molecule has 146 valence electrons. The van der Waals surface area contributed by atoms with Crippen LogP contribution in [0.1, 0.15) is 46.7 Å².